The predicted octanol–water partition coefficient (Wildman–Crippen LogP) is 2.52. The summed E-state index contributed by atoms with van der Waals surface area (Å²) in [6, 6.07) is 12.5. The molecule has 0 saturated carbocycles. The van der Waals surface area contributed by atoms with Crippen LogP contribution in [0.3, 0.4) is 0 Å². The molecule has 0 bridgehead atoms. The third-order valence-electron chi connectivity index (χ3n) is 5.46. The van der Waals surface area contributed by atoms with Crippen LogP contribution in [0.1, 0.15) is 50.2 Å². The molecule has 148 valence electrons. The molecule has 6 nitrogen and oxygen atoms in total. The van der Waals surface area contributed by atoms with Gasteiger partial charge in [0, 0.05) is 17.7 Å². The Balaban J connectivity index is 1.30. The van der Waals surface area contributed by atoms with Gasteiger partial charge in [-0.25, -0.2) is 0 Å². The topological polar surface area (TPSA) is 80.8 Å². The van der Waals surface area contributed by atoms with Crippen molar-refractivity contribution in [3.63, 3.8) is 0 Å². The molecule has 4 rings (SSSR count). The lowest BCUT2D eigenvalue weighted by Crippen LogP contribution is -2.43. The molecule has 0 fully saturated rings. The molecule has 0 N–H and O–H groups in total. The largest absolute Gasteiger partial charge is 0.457 e. The summed E-state index contributed by atoms with van der Waals surface area (Å²) < 4.78 is 5.07. The molecule has 0 saturated heterocycles. The van der Waals surface area contributed by atoms with Crippen molar-refractivity contribution in [3.05, 3.63) is 70.3 Å². The first-order valence-electron chi connectivity index (χ1n) is 9.76. The molecule has 0 radical (unpaired) electrons. The number of rotatable bonds is 6. The summed E-state index contributed by atoms with van der Waals surface area (Å²) in [6.07, 6.45) is 3.10. The third kappa shape index (κ3) is 3.97. The molecular weight excluding hydrogens is 370 g/mol. The van der Waals surface area contributed by atoms with Crippen LogP contribution in [0.5, 0.6) is 0 Å². The number of aryl methyl sites for hydroxylation is 2. The second-order valence-corrected chi connectivity index (χ2v) is 7.36. The van der Waals surface area contributed by atoms with E-state index in [0.717, 1.165) is 24.2 Å². The van der Waals surface area contributed by atoms with Gasteiger partial charge in [0.15, 0.2) is 12.4 Å². The predicted molar refractivity (Wildman–Crippen MR) is 105 cm³/mol. The summed E-state index contributed by atoms with van der Waals surface area (Å²) in [5, 5.41) is 0. The number of carbonyl (C=O) groups is 4. The molecule has 0 atom stereocenters. The molecule has 6 heteroatoms. The molecule has 2 aromatic rings. The first-order chi connectivity index (χ1) is 14.0. The van der Waals surface area contributed by atoms with Crippen molar-refractivity contribution in [1.82, 2.24) is 4.90 Å². The van der Waals surface area contributed by atoms with Crippen molar-refractivity contribution >= 4 is 23.6 Å². The van der Waals surface area contributed by atoms with Gasteiger partial charge in [0.1, 0.15) is 0 Å². The Morgan fingerprint density at radius 2 is 1.76 bits per heavy atom. The van der Waals surface area contributed by atoms with Crippen LogP contribution < -0.4 is 0 Å². The molecular formula is C23H21NO5. The number of ketones is 1. The maximum Gasteiger partial charge on any atom is 0.308 e. The van der Waals surface area contributed by atoms with Crippen molar-refractivity contribution < 1.29 is 23.9 Å². The van der Waals surface area contributed by atoms with Crippen LogP contribution in [0.4, 0.5) is 0 Å². The smallest absolute Gasteiger partial charge is 0.308 e. The molecule has 0 spiro atoms. The lowest BCUT2D eigenvalue weighted by atomic mass is 9.98. The number of amides is 2. The Hall–Kier alpha value is -3.28. The Bertz CT molecular complexity index is 1010. The zero-order valence-electron chi connectivity index (χ0n) is 16.0. The van der Waals surface area contributed by atoms with E-state index in [4.69, 9.17) is 4.74 Å². The summed E-state index contributed by atoms with van der Waals surface area (Å²) in [6.45, 7) is -0.403. The van der Waals surface area contributed by atoms with Crippen LogP contribution in [-0.4, -0.2) is 41.6 Å². The Morgan fingerprint density at radius 3 is 2.62 bits per heavy atom. The summed E-state index contributed by atoms with van der Waals surface area (Å²) in [7, 11) is 0. The highest BCUT2D eigenvalue weighted by Crippen LogP contribution is 2.23. The number of benzene rings is 2. The van der Waals surface area contributed by atoms with Gasteiger partial charge in [-0.15, -0.1) is 0 Å². The molecule has 1 heterocycles. The Labute approximate surface area is 168 Å². The number of Topliss-reactive ketones (excluding diaryl/α,β-unsaturated/α-hetero) is 1. The van der Waals surface area contributed by atoms with Crippen LogP contribution in [0.15, 0.2) is 42.5 Å². The van der Waals surface area contributed by atoms with E-state index in [0.29, 0.717) is 16.7 Å². The number of esters is 1. The van der Waals surface area contributed by atoms with Crippen LogP contribution in [0.2, 0.25) is 0 Å². The minimum Gasteiger partial charge on any atom is -0.457 e. The molecule has 0 aromatic heterocycles. The van der Waals surface area contributed by atoms with E-state index in [1.54, 1.807) is 30.3 Å². The Kier molecular flexibility index (Phi) is 5.25. The normalized spacial score (nSPS) is 15.1. The van der Waals surface area contributed by atoms with E-state index in [1.807, 2.05) is 12.1 Å². The van der Waals surface area contributed by atoms with Gasteiger partial charge < -0.3 is 4.74 Å². The van der Waals surface area contributed by atoms with Gasteiger partial charge in [0.2, 0.25) is 5.91 Å². The monoisotopic (exact) mass is 391 g/mol. The number of hydrogen-bond donors (Lipinski definition) is 0. The molecule has 1 aliphatic heterocycles. The molecule has 2 aliphatic rings. The summed E-state index contributed by atoms with van der Waals surface area (Å²) in [4.78, 5) is 50.1. The second kappa shape index (κ2) is 7.99. The van der Waals surface area contributed by atoms with Gasteiger partial charge in [-0.05, 0) is 48.1 Å². The van der Waals surface area contributed by atoms with Gasteiger partial charge in [-0.3, -0.25) is 24.1 Å². The highest BCUT2D eigenvalue weighted by atomic mass is 16.5. The summed E-state index contributed by atoms with van der Waals surface area (Å²) in [5.41, 5.74) is 4.17. The van der Waals surface area contributed by atoms with Gasteiger partial charge >= 0.3 is 5.97 Å². The van der Waals surface area contributed by atoms with Crippen LogP contribution in [0.25, 0.3) is 0 Å². The minimum absolute atomic E-state index is 0.0577. The van der Waals surface area contributed by atoms with Crippen molar-refractivity contribution in [2.24, 2.45) is 0 Å². The standard InChI is InChI=1S/C23H21NO5/c25-20(18-9-8-15-5-3-6-16(15)12-18)14-29-22(27)10-11-24-21(26)13-17-4-1-2-7-19(17)23(24)28/h1-2,4,7-9,12H,3,5-6,10-11,13-14H2. The van der Waals surface area contributed by atoms with Gasteiger partial charge in [0.05, 0.1) is 12.8 Å². The molecule has 0 unspecified atom stereocenters. The Morgan fingerprint density at radius 1 is 0.966 bits per heavy atom. The number of carbonyl (C=O) groups excluding carboxylic acids is 4. The van der Waals surface area contributed by atoms with Gasteiger partial charge in [-0.2, -0.15) is 0 Å². The number of hydrogen-bond acceptors (Lipinski definition) is 5. The number of ether oxygens (including phenoxy) is 1. The summed E-state index contributed by atoms with van der Waals surface area (Å²) in [5.74, 6) is -1.61. The van der Waals surface area contributed by atoms with E-state index in [9.17, 15) is 19.2 Å². The molecule has 2 aromatic carbocycles. The van der Waals surface area contributed by atoms with Crippen molar-refractivity contribution in [1.29, 1.82) is 0 Å². The molecule has 1 aliphatic carbocycles. The first-order valence-corrected chi connectivity index (χ1v) is 9.76. The third-order valence-corrected chi connectivity index (χ3v) is 5.46. The second-order valence-electron chi connectivity index (χ2n) is 7.36. The number of nitrogens with zero attached hydrogens (tertiary/aromatic N) is 1. The van der Waals surface area contributed by atoms with Crippen molar-refractivity contribution in [2.75, 3.05) is 13.2 Å². The number of imide groups is 1. The minimum atomic E-state index is -0.612. The zero-order valence-corrected chi connectivity index (χ0v) is 16.0. The summed E-state index contributed by atoms with van der Waals surface area (Å²) >= 11 is 0. The van der Waals surface area contributed by atoms with E-state index in [-0.39, 0.29) is 37.7 Å². The quantitative estimate of drug-likeness (QED) is 0.429. The lowest BCUT2D eigenvalue weighted by molar-refractivity contribution is -0.143. The first kappa shape index (κ1) is 19.1. The molecule has 29 heavy (non-hydrogen) atoms. The van der Waals surface area contributed by atoms with Crippen LogP contribution in [-0.2, 0) is 33.6 Å². The fraction of sp³-hybridized carbons (Fsp3) is 0.304. The maximum absolute atomic E-state index is 12.5. The van der Waals surface area contributed by atoms with Gasteiger partial charge in [0.25, 0.3) is 5.91 Å². The van der Waals surface area contributed by atoms with Gasteiger partial charge in [-0.1, -0.05) is 30.3 Å². The van der Waals surface area contributed by atoms with Crippen LogP contribution in [0, 0.1) is 0 Å². The maximum atomic E-state index is 12.5. The van der Waals surface area contributed by atoms with Crippen molar-refractivity contribution in [3.8, 4) is 0 Å². The fourth-order valence-corrected chi connectivity index (χ4v) is 3.88. The lowest BCUT2D eigenvalue weighted by Gasteiger charge is -2.26. The fourth-order valence-electron chi connectivity index (χ4n) is 3.88. The number of fused-ring (bicyclic) bond motifs is 2. The average Bonchev–Trinajstić information content (AvgIpc) is 3.19. The average molecular weight is 391 g/mol. The zero-order chi connectivity index (χ0) is 20.4. The van der Waals surface area contributed by atoms with Crippen LogP contribution >= 0.6 is 0 Å². The van der Waals surface area contributed by atoms with E-state index >= 15 is 0 Å². The SMILES string of the molecule is O=C(CCN1C(=O)Cc2ccccc2C1=O)OCC(=O)c1ccc2c(c1)CCC2. The highest BCUT2D eigenvalue weighted by Gasteiger charge is 2.30. The van der Waals surface area contributed by atoms with E-state index in [1.165, 1.54) is 11.1 Å². The van der Waals surface area contributed by atoms with Crippen molar-refractivity contribution in [2.45, 2.75) is 32.1 Å². The highest BCUT2D eigenvalue weighted by molar-refractivity contribution is 6.09. The molecule has 2 amide bonds. The van der Waals surface area contributed by atoms with E-state index < -0.39 is 11.9 Å². The van der Waals surface area contributed by atoms with E-state index in [2.05, 4.69) is 0 Å².